The van der Waals surface area contributed by atoms with E-state index in [1.807, 2.05) is 13.0 Å². The molecular weight excluding hydrogens is 665 g/mol. The lowest BCUT2D eigenvalue weighted by atomic mass is 10.0. The largest absolute Gasteiger partial charge is 0.352 e. The first kappa shape index (κ1) is 35.8. The maximum Gasteiger partial charge on any atom is 0.328 e. The van der Waals surface area contributed by atoms with E-state index in [-0.39, 0.29) is 24.8 Å². The van der Waals surface area contributed by atoms with Gasteiger partial charge in [0.1, 0.15) is 17.8 Å². The predicted octanol–water partition coefficient (Wildman–Crippen LogP) is 5.49. The standard InChI is InChI=1S/C38H40FN9O4/c1-23-29(16-28(39)17-31(23)44-22-49)35-30-18-32(45-36(30)43-21-42-35)26-9-7-25(8-10-26)20-47(3)13-6-4-5-12-40-37(51)27-15-33(24(2)41-19-27)48-14-11-34(50)46-38(48)52/h7-10,15-19,21-22H,4-6,11-14,20H2,1-3H3,(H,40,51)(H,44,49)(H,42,43,45)(H,46,50,52). The second-order valence-electron chi connectivity index (χ2n) is 12.9. The summed E-state index contributed by atoms with van der Waals surface area (Å²) >= 11 is 0. The highest BCUT2D eigenvalue weighted by Gasteiger charge is 2.26. The molecule has 5 aromatic rings. The van der Waals surface area contributed by atoms with Crippen molar-refractivity contribution in [1.82, 2.24) is 35.5 Å². The zero-order valence-electron chi connectivity index (χ0n) is 29.3. The van der Waals surface area contributed by atoms with Crippen LogP contribution in [0.1, 0.15) is 52.9 Å². The van der Waals surface area contributed by atoms with Gasteiger partial charge in [0.05, 0.1) is 22.6 Å². The first-order valence-electron chi connectivity index (χ1n) is 17.1. The minimum absolute atomic E-state index is 0.193. The van der Waals surface area contributed by atoms with E-state index in [9.17, 15) is 23.6 Å². The van der Waals surface area contributed by atoms with Crippen LogP contribution in [0.4, 0.5) is 20.6 Å². The van der Waals surface area contributed by atoms with Crippen LogP contribution in [0.25, 0.3) is 33.5 Å². The normalized spacial score (nSPS) is 13.1. The summed E-state index contributed by atoms with van der Waals surface area (Å²) in [5.41, 5.74) is 7.34. The number of halogens is 1. The topological polar surface area (TPSA) is 165 Å². The number of carbonyl (C=O) groups is 4. The van der Waals surface area contributed by atoms with E-state index in [4.69, 9.17) is 0 Å². The van der Waals surface area contributed by atoms with Crippen molar-refractivity contribution in [2.75, 3.05) is 36.9 Å². The monoisotopic (exact) mass is 705 g/mol. The van der Waals surface area contributed by atoms with Gasteiger partial charge in [-0.15, -0.1) is 0 Å². The summed E-state index contributed by atoms with van der Waals surface area (Å²) < 4.78 is 14.5. The fourth-order valence-corrected chi connectivity index (χ4v) is 6.33. The Hall–Kier alpha value is -6.02. The van der Waals surface area contributed by atoms with Crippen LogP contribution in [-0.4, -0.2) is 75.8 Å². The lowest BCUT2D eigenvalue weighted by Gasteiger charge is -2.27. The molecule has 4 heterocycles. The van der Waals surface area contributed by atoms with Gasteiger partial charge in [-0.25, -0.2) is 19.2 Å². The summed E-state index contributed by atoms with van der Waals surface area (Å²) in [7, 11) is 2.08. The Morgan fingerprint density at radius 2 is 1.85 bits per heavy atom. The molecule has 2 aromatic carbocycles. The molecule has 1 saturated heterocycles. The zero-order valence-corrected chi connectivity index (χ0v) is 29.3. The van der Waals surface area contributed by atoms with Crippen LogP contribution in [0.15, 0.2) is 61.1 Å². The molecule has 3 aromatic heterocycles. The maximum atomic E-state index is 14.5. The average Bonchev–Trinajstić information content (AvgIpc) is 3.57. The van der Waals surface area contributed by atoms with Gasteiger partial charge in [0, 0.05) is 54.6 Å². The molecule has 0 atom stereocenters. The molecule has 6 rings (SSSR count). The van der Waals surface area contributed by atoms with Crippen LogP contribution < -0.4 is 20.9 Å². The van der Waals surface area contributed by atoms with Crippen molar-refractivity contribution in [3.8, 4) is 22.5 Å². The predicted molar refractivity (Wildman–Crippen MR) is 196 cm³/mol. The van der Waals surface area contributed by atoms with Crippen molar-refractivity contribution in [2.45, 2.75) is 46.1 Å². The number of urea groups is 1. The van der Waals surface area contributed by atoms with Crippen molar-refractivity contribution in [3.05, 3.63) is 89.3 Å². The van der Waals surface area contributed by atoms with Crippen molar-refractivity contribution in [1.29, 1.82) is 0 Å². The SMILES string of the molecule is Cc1ncc(C(=O)NCCCCCN(C)Cc2ccc(-c3cc4c(-c5cc(F)cc(NC=O)c5C)ncnc4[nH]3)cc2)cc1N1CCC(=O)NC1=O. The van der Waals surface area contributed by atoms with Crippen LogP contribution in [0.5, 0.6) is 0 Å². The highest BCUT2D eigenvalue weighted by atomic mass is 19.1. The Bertz CT molecular complexity index is 2130. The number of nitrogens with zero attached hydrogens (tertiary/aromatic N) is 5. The molecule has 13 nitrogen and oxygen atoms in total. The molecule has 1 aliphatic heterocycles. The Labute approximate surface area is 300 Å². The Balaban J connectivity index is 0.975. The molecular formula is C38H40FN9O4. The molecule has 0 unspecified atom stereocenters. The van der Waals surface area contributed by atoms with Crippen LogP contribution in [0.3, 0.4) is 0 Å². The van der Waals surface area contributed by atoms with Gasteiger partial charge < -0.3 is 20.5 Å². The number of aryl methyl sites for hydroxylation is 1. The van der Waals surface area contributed by atoms with Gasteiger partial charge in [0.15, 0.2) is 0 Å². The van der Waals surface area contributed by atoms with Crippen LogP contribution in [0, 0.1) is 19.7 Å². The number of rotatable bonds is 14. The van der Waals surface area contributed by atoms with Crippen LogP contribution >= 0.6 is 0 Å². The van der Waals surface area contributed by atoms with Crippen molar-refractivity contribution < 1.29 is 23.6 Å². The van der Waals surface area contributed by atoms with E-state index in [0.717, 1.165) is 49.0 Å². The molecule has 268 valence electrons. The smallest absolute Gasteiger partial charge is 0.328 e. The molecule has 5 amide bonds. The summed E-state index contributed by atoms with van der Waals surface area (Å²) in [6.45, 7) is 6.01. The van der Waals surface area contributed by atoms with Gasteiger partial charge in [-0.3, -0.25) is 29.6 Å². The summed E-state index contributed by atoms with van der Waals surface area (Å²) in [6.07, 6.45) is 6.39. The van der Waals surface area contributed by atoms with Crippen molar-refractivity contribution >= 4 is 46.7 Å². The molecule has 0 radical (unpaired) electrons. The number of aromatic nitrogens is 4. The number of unbranched alkanes of at least 4 members (excludes halogenated alkanes) is 2. The number of imide groups is 1. The quantitative estimate of drug-likeness (QED) is 0.0870. The van der Waals surface area contributed by atoms with Gasteiger partial charge in [-0.05, 0) is 81.2 Å². The summed E-state index contributed by atoms with van der Waals surface area (Å²) in [4.78, 5) is 67.8. The number of hydrogen-bond acceptors (Lipinski definition) is 8. The number of carbonyl (C=O) groups excluding carboxylic acids is 4. The lowest BCUT2D eigenvalue weighted by molar-refractivity contribution is -0.120. The van der Waals surface area contributed by atoms with E-state index in [1.165, 1.54) is 35.1 Å². The number of hydrogen-bond donors (Lipinski definition) is 4. The second kappa shape index (κ2) is 15.9. The van der Waals surface area contributed by atoms with Crippen molar-refractivity contribution in [2.24, 2.45) is 0 Å². The van der Waals surface area contributed by atoms with Crippen LogP contribution in [-0.2, 0) is 16.1 Å². The highest BCUT2D eigenvalue weighted by Crippen LogP contribution is 2.34. The Kier molecular flexibility index (Phi) is 10.9. The molecule has 0 spiro atoms. The fourth-order valence-electron chi connectivity index (χ4n) is 6.33. The zero-order chi connectivity index (χ0) is 36.8. The van der Waals surface area contributed by atoms with E-state index in [1.54, 1.807) is 13.0 Å². The minimum atomic E-state index is -0.513. The van der Waals surface area contributed by atoms with Gasteiger partial charge >= 0.3 is 6.03 Å². The average molecular weight is 706 g/mol. The lowest BCUT2D eigenvalue weighted by Crippen LogP contribution is -2.50. The molecule has 52 heavy (non-hydrogen) atoms. The number of nitrogens with one attached hydrogen (secondary N) is 4. The number of H-pyrrole nitrogens is 1. The Morgan fingerprint density at radius 3 is 2.62 bits per heavy atom. The second-order valence-corrected chi connectivity index (χ2v) is 12.9. The third kappa shape index (κ3) is 8.13. The number of amides is 5. The number of aromatic amines is 1. The summed E-state index contributed by atoms with van der Waals surface area (Å²) in [6, 6.07) is 14.1. The number of benzene rings is 2. The van der Waals surface area contributed by atoms with Gasteiger partial charge in [-0.1, -0.05) is 30.7 Å². The van der Waals surface area contributed by atoms with Crippen LogP contribution in [0.2, 0.25) is 0 Å². The molecule has 4 N–H and O–H groups in total. The van der Waals surface area contributed by atoms with E-state index in [2.05, 4.69) is 72.1 Å². The van der Waals surface area contributed by atoms with Crippen molar-refractivity contribution in [3.63, 3.8) is 0 Å². The fraction of sp³-hybridized carbons (Fsp3) is 0.289. The first-order chi connectivity index (χ1) is 25.1. The molecule has 0 bridgehead atoms. The first-order valence-corrected chi connectivity index (χ1v) is 17.1. The van der Waals surface area contributed by atoms with Gasteiger partial charge in [0.25, 0.3) is 5.91 Å². The minimum Gasteiger partial charge on any atom is -0.352 e. The number of anilines is 2. The number of pyridine rings is 1. The maximum absolute atomic E-state index is 14.5. The highest BCUT2D eigenvalue weighted by molar-refractivity contribution is 6.06. The third-order valence-electron chi connectivity index (χ3n) is 9.15. The van der Waals surface area contributed by atoms with E-state index in [0.29, 0.717) is 58.1 Å². The molecule has 0 aliphatic carbocycles. The van der Waals surface area contributed by atoms with E-state index < -0.39 is 11.8 Å². The molecule has 0 saturated carbocycles. The van der Waals surface area contributed by atoms with Gasteiger partial charge in [0.2, 0.25) is 12.3 Å². The van der Waals surface area contributed by atoms with E-state index >= 15 is 0 Å². The van der Waals surface area contributed by atoms with Gasteiger partial charge in [-0.2, -0.15) is 0 Å². The Morgan fingerprint density at radius 1 is 1.04 bits per heavy atom. The summed E-state index contributed by atoms with van der Waals surface area (Å²) in [5.74, 6) is -1.05. The number of fused-ring (bicyclic) bond motifs is 1. The third-order valence-corrected chi connectivity index (χ3v) is 9.15. The molecule has 1 aliphatic rings. The molecule has 1 fully saturated rings. The molecule has 14 heteroatoms. The summed E-state index contributed by atoms with van der Waals surface area (Å²) in [5, 5.41) is 8.54.